The summed E-state index contributed by atoms with van der Waals surface area (Å²) in [5, 5.41) is 16.7. The molecular formula is C6H12O3. The third-order valence-corrected chi connectivity index (χ3v) is 1.62. The SMILES string of the molecule is OC(O)OC1CCCC1. The molecule has 0 radical (unpaired) electrons. The molecule has 9 heavy (non-hydrogen) atoms. The zero-order valence-corrected chi connectivity index (χ0v) is 5.29. The summed E-state index contributed by atoms with van der Waals surface area (Å²) in [7, 11) is 0. The molecule has 0 bridgehead atoms. The predicted octanol–water partition coefficient (Wildman–Crippen LogP) is 0.214. The maximum absolute atomic E-state index is 8.35. The Morgan fingerprint density at radius 2 is 1.78 bits per heavy atom. The van der Waals surface area contributed by atoms with E-state index in [1.165, 1.54) is 0 Å². The fraction of sp³-hybridized carbons (Fsp3) is 1.00. The standard InChI is InChI=1S/C6H12O3/c7-6(8)9-5-3-1-2-4-5/h5-8H,1-4H2. The Bertz CT molecular complexity index is 76.4. The van der Waals surface area contributed by atoms with Crippen LogP contribution in [0.4, 0.5) is 0 Å². The second-order valence-electron chi connectivity index (χ2n) is 2.37. The molecule has 1 aliphatic rings. The van der Waals surface area contributed by atoms with Gasteiger partial charge in [0.1, 0.15) is 0 Å². The molecule has 0 aromatic rings. The summed E-state index contributed by atoms with van der Waals surface area (Å²) in [6.45, 7) is -1.58. The van der Waals surface area contributed by atoms with Gasteiger partial charge in [-0.05, 0) is 12.8 Å². The van der Waals surface area contributed by atoms with Crippen LogP contribution in [-0.4, -0.2) is 22.8 Å². The minimum Gasteiger partial charge on any atom is -0.346 e. The molecule has 0 spiro atoms. The number of hydrogen-bond acceptors (Lipinski definition) is 3. The molecule has 0 aromatic heterocycles. The topological polar surface area (TPSA) is 49.7 Å². The van der Waals surface area contributed by atoms with Crippen molar-refractivity contribution in [2.75, 3.05) is 0 Å². The Morgan fingerprint density at radius 3 is 2.22 bits per heavy atom. The molecule has 0 heterocycles. The molecule has 2 N–H and O–H groups in total. The van der Waals surface area contributed by atoms with Crippen LogP contribution in [0.5, 0.6) is 0 Å². The van der Waals surface area contributed by atoms with Crippen LogP contribution in [0.25, 0.3) is 0 Å². The van der Waals surface area contributed by atoms with E-state index in [1.807, 2.05) is 0 Å². The van der Waals surface area contributed by atoms with Gasteiger partial charge in [-0.1, -0.05) is 12.8 Å². The van der Waals surface area contributed by atoms with Crippen molar-refractivity contribution in [3.8, 4) is 0 Å². The molecule has 54 valence electrons. The Hall–Kier alpha value is -0.120. The maximum atomic E-state index is 8.35. The van der Waals surface area contributed by atoms with E-state index in [1.54, 1.807) is 0 Å². The van der Waals surface area contributed by atoms with Crippen LogP contribution in [0.15, 0.2) is 0 Å². The highest BCUT2D eigenvalue weighted by Crippen LogP contribution is 2.21. The molecular weight excluding hydrogens is 120 g/mol. The molecule has 0 amide bonds. The van der Waals surface area contributed by atoms with Gasteiger partial charge in [-0.2, -0.15) is 0 Å². The highest BCUT2D eigenvalue weighted by Gasteiger charge is 2.17. The van der Waals surface area contributed by atoms with Crippen LogP contribution in [0.1, 0.15) is 25.7 Å². The average molecular weight is 132 g/mol. The van der Waals surface area contributed by atoms with Crippen molar-refractivity contribution in [2.24, 2.45) is 0 Å². The highest BCUT2D eigenvalue weighted by molar-refractivity contribution is 4.65. The van der Waals surface area contributed by atoms with Gasteiger partial charge in [0.05, 0.1) is 6.10 Å². The maximum Gasteiger partial charge on any atom is 0.266 e. The summed E-state index contributed by atoms with van der Waals surface area (Å²) in [5.41, 5.74) is 0. The van der Waals surface area contributed by atoms with Gasteiger partial charge in [-0.15, -0.1) is 0 Å². The van der Waals surface area contributed by atoms with Crippen LogP contribution in [0.3, 0.4) is 0 Å². The van der Waals surface area contributed by atoms with Gasteiger partial charge in [-0.25, -0.2) is 0 Å². The fourth-order valence-electron chi connectivity index (χ4n) is 1.20. The van der Waals surface area contributed by atoms with Crippen molar-refractivity contribution in [1.82, 2.24) is 0 Å². The highest BCUT2D eigenvalue weighted by atomic mass is 16.7. The Labute approximate surface area is 54.3 Å². The number of aliphatic hydroxyl groups excluding tert-OH is 1. The molecule has 3 nitrogen and oxygen atoms in total. The first-order valence-corrected chi connectivity index (χ1v) is 3.30. The van der Waals surface area contributed by atoms with Crippen LogP contribution in [-0.2, 0) is 4.74 Å². The van der Waals surface area contributed by atoms with Gasteiger partial charge >= 0.3 is 0 Å². The van der Waals surface area contributed by atoms with Crippen molar-refractivity contribution >= 4 is 0 Å². The number of ether oxygens (including phenoxy) is 1. The molecule has 1 fully saturated rings. The quantitative estimate of drug-likeness (QED) is 0.528. The summed E-state index contributed by atoms with van der Waals surface area (Å²) >= 11 is 0. The van der Waals surface area contributed by atoms with Gasteiger partial charge in [0.25, 0.3) is 6.48 Å². The number of hydrogen-bond donors (Lipinski definition) is 2. The van der Waals surface area contributed by atoms with Gasteiger partial charge in [0.2, 0.25) is 0 Å². The number of aliphatic hydroxyl groups is 2. The molecule has 0 saturated heterocycles. The first-order valence-electron chi connectivity index (χ1n) is 3.30. The van der Waals surface area contributed by atoms with E-state index in [9.17, 15) is 0 Å². The van der Waals surface area contributed by atoms with Crippen molar-refractivity contribution in [3.05, 3.63) is 0 Å². The summed E-state index contributed by atoms with van der Waals surface area (Å²) in [6, 6.07) is 0. The van der Waals surface area contributed by atoms with Crippen LogP contribution < -0.4 is 0 Å². The fourth-order valence-corrected chi connectivity index (χ4v) is 1.20. The van der Waals surface area contributed by atoms with Crippen LogP contribution >= 0.6 is 0 Å². The summed E-state index contributed by atoms with van der Waals surface area (Å²) in [4.78, 5) is 0. The first-order chi connectivity index (χ1) is 4.29. The molecule has 1 rings (SSSR count). The summed E-state index contributed by atoms with van der Waals surface area (Å²) < 4.78 is 4.72. The second kappa shape index (κ2) is 3.15. The lowest BCUT2D eigenvalue weighted by Gasteiger charge is -2.11. The average Bonchev–Trinajstić information content (AvgIpc) is 2.15. The van der Waals surface area contributed by atoms with Gasteiger partial charge < -0.3 is 14.9 Å². The monoisotopic (exact) mass is 132 g/mol. The van der Waals surface area contributed by atoms with E-state index in [0.717, 1.165) is 25.7 Å². The Morgan fingerprint density at radius 1 is 1.22 bits per heavy atom. The molecule has 1 aliphatic carbocycles. The normalized spacial score (nSPS) is 21.7. The lowest BCUT2D eigenvalue weighted by Crippen LogP contribution is -2.18. The van der Waals surface area contributed by atoms with E-state index in [4.69, 9.17) is 14.9 Å². The minimum atomic E-state index is -1.58. The molecule has 0 atom stereocenters. The van der Waals surface area contributed by atoms with E-state index in [2.05, 4.69) is 0 Å². The van der Waals surface area contributed by atoms with Crippen LogP contribution in [0, 0.1) is 0 Å². The first kappa shape index (κ1) is 6.99. The van der Waals surface area contributed by atoms with E-state index >= 15 is 0 Å². The summed E-state index contributed by atoms with van der Waals surface area (Å²) in [6.07, 6.45) is 4.33. The van der Waals surface area contributed by atoms with Crippen LogP contribution in [0.2, 0.25) is 0 Å². The van der Waals surface area contributed by atoms with E-state index in [0.29, 0.717) is 0 Å². The minimum absolute atomic E-state index is 0.0880. The molecule has 1 saturated carbocycles. The van der Waals surface area contributed by atoms with Gasteiger partial charge in [0.15, 0.2) is 0 Å². The van der Waals surface area contributed by atoms with Gasteiger partial charge in [-0.3, -0.25) is 0 Å². The number of rotatable bonds is 2. The predicted molar refractivity (Wildman–Crippen MR) is 31.6 cm³/mol. The van der Waals surface area contributed by atoms with Crippen molar-refractivity contribution < 1.29 is 14.9 Å². The van der Waals surface area contributed by atoms with Crippen molar-refractivity contribution in [3.63, 3.8) is 0 Å². The molecule has 0 aliphatic heterocycles. The Balaban J connectivity index is 2.11. The lowest BCUT2D eigenvalue weighted by molar-refractivity contribution is -0.254. The third-order valence-electron chi connectivity index (χ3n) is 1.62. The zero-order valence-electron chi connectivity index (χ0n) is 5.29. The smallest absolute Gasteiger partial charge is 0.266 e. The molecule has 0 unspecified atom stereocenters. The molecule has 3 heteroatoms. The third kappa shape index (κ3) is 2.30. The second-order valence-corrected chi connectivity index (χ2v) is 2.37. The zero-order chi connectivity index (χ0) is 6.69. The van der Waals surface area contributed by atoms with E-state index in [-0.39, 0.29) is 6.10 Å². The van der Waals surface area contributed by atoms with Gasteiger partial charge in [0, 0.05) is 0 Å². The Kier molecular flexibility index (Phi) is 2.45. The lowest BCUT2D eigenvalue weighted by atomic mass is 10.3. The molecule has 0 aromatic carbocycles. The van der Waals surface area contributed by atoms with Crippen molar-refractivity contribution in [1.29, 1.82) is 0 Å². The van der Waals surface area contributed by atoms with Crippen molar-refractivity contribution in [2.45, 2.75) is 38.3 Å². The largest absolute Gasteiger partial charge is 0.346 e. The summed E-state index contributed by atoms with van der Waals surface area (Å²) in [5.74, 6) is 0. The van der Waals surface area contributed by atoms with E-state index < -0.39 is 6.48 Å².